The van der Waals surface area contributed by atoms with Gasteiger partial charge in [0.2, 0.25) is 5.91 Å². The standard InChI is InChI=1S/C14H23F3N2O2/c15-14(16,17)10-18-13(20)11-3-1-6-19(9-11)7-5-12-4-2-8-21-12/h11-12H,1-10H2,(H,18,20)/t11-,12+/m0/s1. The Morgan fingerprint density at radius 2 is 2.10 bits per heavy atom. The van der Waals surface area contributed by atoms with Gasteiger partial charge in [-0.2, -0.15) is 13.2 Å². The first-order chi connectivity index (χ1) is 9.94. The van der Waals surface area contributed by atoms with E-state index in [1.165, 1.54) is 0 Å². The van der Waals surface area contributed by atoms with Gasteiger partial charge >= 0.3 is 6.18 Å². The van der Waals surface area contributed by atoms with Crippen molar-refractivity contribution in [3.8, 4) is 0 Å². The Bertz CT molecular complexity index is 344. The van der Waals surface area contributed by atoms with E-state index in [-0.39, 0.29) is 5.92 Å². The molecule has 4 nitrogen and oxygen atoms in total. The maximum atomic E-state index is 12.1. The van der Waals surface area contributed by atoms with Crippen molar-refractivity contribution in [2.75, 3.05) is 32.8 Å². The highest BCUT2D eigenvalue weighted by Crippen LogP contribution is 2.20. The van der Waals surface area contributed by atoms with Crippen LogP contribution < -0.4 is 5.32 Å². The zero-order chi connectivity index (χ0) is 15.3. The fraction of sp³-hybridized carbons (Fsp3) is 0.929. The molecule has 122 valence electrons. The minimum Gasteiger partial charge on any atom is -0.378 e. The Kier molecular flexibility index (Phi) is 5.87. The summed E-state index contributed by atoms with van der Waals surface area (Å²) in [6.45, 7) is 1.91. The van der Waals surface area contributed by atoms with Crippen LogP contribution in [0.15, 0.2) is 0 Å². The zero-order valence-electron chi connectivity index (χ0n) is 12.1. The van der Waals surface area contributed by atoms with Crippen molar-refractivity contribution >= 4 is 5.91 Å². The Balaban J connectivity index is 1.70. The van der Waals surface area contributed by atoms with E-state index in [1.54, 1.807) is 0 Å². The van der Waals surface area contributed by atoms with Gasteiger partial charge in [0.05, 0.1) is 12.0 Å². The molecule has 2 saturated heterocycles. The summed E-state index contributed by atoms with van der Waals surface area (Å²) in [4.78, 5) is 14.0. The highest BCUT2D eigenvalue weighted by atomic mass is 19.4. The second kappa shape index (κ2) is 7.45. The normalized spacial score (nSPS) is 27.8. The van der Waals surface area contributed by atoms with Gasteiger partial charge in [-0.15, -0.1) is 0 Å². The number of rotatable bonds is 5. The largest absolute Gasteiger partial charge is 0.405 e. The van der Waals surface area contributed by atoms with Crippen LogP contribution in [-0.4, -0.2) is 55.9 Å². The molecule has 0 radical (unpaired) electrons. The van der Waals surface area contributed by atoms with Crippen molar-refractivity contribution in [1.82, 2.24) is 10.2 Å². The first kappa shape index (κ1) is 16.5. The molecule has 0 unspecified atom stereocenters. The van der Waals surface area contributed by atoms with Crippen LogP contribution >= 0.6 is 0 Å². The summed E-state index contributed by atoms with van der Waals surface area (Å²) in [5.41, 5.74) is 0. The van der Waals surface area contributed by atoms with E-state index in [0.717, 1.165) is 45.4 Å². The lowest BCUT2D eigenvalue weighted by Crippen LogP contribution is -2.45. The summed E-state index contributed by atoms with van der Waals surface area (Å²) in [7, 11) is 0. The zero-order valence-corrected chi connectivity index (χ0v) is 12.1. The van der Waals surface area contributed by atoms with Gasteiger partial charge in [-0.3, -0.25) is 4.79 Å². The molecule has 2 rings (SSSR count). The van der Waals surface area contributed by atoms with Crippen molar-refractivity contribution in [2.24, 2.45) is 5.92 Å². The van der Waals surface area contributed by atoms with E-state index in [2.05, 4.69) is 4.90 Å². The van der Waals surface area contributed by atoms with Crippen LogP contribution in [0.5, 0.6) is 0 Å². The molecular formula is C14H23F3N2O2. The molecule has 0 spiro atoms. The highest BCUT2D eigenvalue weighted by molar-refractivity contribution is 5.79. The molecule has 0 saturated carbocycles. The van der Waals surface area contributed by atoms with Crippen LogP contribution in [0.1, 0.15) is 32.1 Å². The van der Waals surface area contributed by atoms with E-state index in [0.29, 0.717) is 19.1 Å². The van der Waals surface area contributed by atoms with Crippen molar-refractivity contribution in [3.05, 3.63) is 0 Å². The predicted molar refractivity (Wildman–Crippen MR) is 71.8 cm³/mol. The lowest BCUT2D eigenvalue weighted by Gasteiger charge is -2.32. The first-order valence-corrected chi connectivity index (χ1v) is 7.62. The van der Waals surface area contributed by atoms with Gasteiger partial charge in [0.25, 0.3) is 0 Å². The van der Waals surface area contributed by atoms with E-state index in [9.17, 15) is 18.0 Å². The molecule has 21 heavy (non-hydrogen) atoms. The molecule has 1 amide bonds. The highest BCUT2D eigenvalue weighted by Gasteiger charge is 2.31. The molecule has 0 aliphatic carbocycles. The lowest BCUT2D eigenvalue weighted by molar-refractivity contribution is -0.141. The molecule has 0 aromatic rings. The predicted octanol–water partition coefficient (Wildman–Crippen LogP) is 1.95. The molecule has 1 N–H and O–H groups in total. The van der Waals surface area contributed by atoms with Gasteiger partial charge in [0.15, 0.2) is 0 Å². The van der Waals surface area contributed by atoms with Crippen molar-refractivity contribution in [2.45, 2.75) is 44.4 Å². The third-order valence-electron chi connectivity index (χ3n) is 4.13. The maximum Gasteiger partial charge on any atom is 0.405 e. The third-order valence-corrected chi connectivity index (χ3v) is 4.13. The van der Waals surface area contributed by atoms with Crippen molar-refractivity contribution in [3.63, 3.8) is 0 Å². The van der Waals surface area contributed by atoms with Crippen LogP contribution in [-0.2, 0) is 9.53 Å². The molecule has 0 aromatic carbocycles. The van der Waals surface area contributed by atoms with E-state index in [4.69, 9.17) is 4.74 Å². The molecule has 2 aliphatic heterocycles. The molecule has 2 heterocycles. The molecule has 2 aliphatic rings. The smallest absolute Gasteiger partial charge is 0.378 e. The number of piperidine rings is 1. The van der Waals surface area contributed by atoms with Crippen LogP contribution in [0.3, 0.4) is 0 Å². The SMILES string of the molecule is O=C(NCC(F)(F)F)[C@H]1CCCN(CC[C@H]2CCCO2)C1. The summed E-state index contributed by atoms with van der Waals surface area (Å²) >= 11 is 0. The Morgan fingerprint density at radius 3 is 2.76 bits per heavy atom. The average molecular weight is 308 g/mol. The number of nitrogens with zero attached hydrogens (tertiary/aromatic N) is 1. The van der Waals surface area contributed by atoms with Crippen LogP contribution in [0.2, 0.25) is 0 Å². The third kappa shape index (κ3) is 5.82. The fourth-order valence-corrected chi connectivity index (χ4v) is 3.00. The lowest BCUT2D eigenvalue weighted by atomic mass is 9.96. The molecular weight excluding hydrogens is 285 g/mol. The van der Waals surface area contributed by atoms with Crippen LogP contribution in [0, 0.1) is 5.92 Å². The molecule has 0 aromatic heterocycles. The summed E-state index contributed by atoms with van der Waals surface area (Å²) < 4.78 is 41.9. The number of carbonyl (C=O) groups is 1. The number of alkyl halides is 3. The number of likely N-dealkylation sites (tertiary alicyclic amines) is 1. The van der Waals surface area contributed by atoms with Crippen molar-refractivity contribution < 1.29 is 22.7 Å². The fourth-order valence-electron chi connectivity index (χ4n) is 3.00. The van der Waals surface area contributed by atoms with Gasteiger partial charge in [0, 0.05) is 19.7 Å². The Labute approximate surface area is 123 Å². The number of halogens is 3. The van der Waals surface area contributed by atoms with Crippen LogP contribution in [0.25, 0.3) is 0 Å². The number of hydrogen-bond acceptors (Lipinski definition) is 3. The minimum absolute atomic E-state index is 0.310. The Morgan fingerprint density at radius 1 is 1.29 bits per heavy atom. The quantitative estimate of drug-likeness (QED) is 0.844. The van der Waals surface area contributed by atoms with E-state index in [1.807, 2.05) is 5.32 Å². The summed E-state index contributed by atoms with van der Waals surface area (Å²) in [6.07, 6.45) is 0.622. The van der Waals surface area contributed by atoms with E-state index < -0.39 is 18.6 Å². The van der Waals surface area contributed by atoms with Crippen LogP contribution in [0.4, 0.5) is 13.2 Å². The van der Waals surface area contributed by atoms with Gasteiger partial charge in [-0.05, 0) is 38.6 Å². The van der Waals surface area contributed by atoms with Gasteiger partial charge < -0.3 is 15.0 Å². The number of ether oxygens (including phenoxy) is 1. The topological polar surface area (TPSA) is 41.6 Å². The maximum absolute atomic E-state index is 12.1. The van der Waals surface area contributed by atoms with Gasteiger partial charge in [-0.25, -0.2) is 0 Å². The number of hydrogen-bond donors (Lipinski definition) is 1. The van der Waals surface area contributed by atoms with Crippen molar-refractivity contribution in [1.29, 1.82) is 0 Å². The van der Waals surface area contributed by atoms with E-state index >= 15 is 0 Å². The average Bonchev–Trinajstić information content (AvgIpc) is 2.95. The summed E-state index contributed by atoms with van der Waals surface area (Å²) in [5, 5.41) is 1.99. The second-order valence-electron chi connectivity index (χ2n) is 5.90. The summed E-state index contributed by atoms with van der Waals surface area (Å²) in [6, 6.07) is 0. The number of amides is 1. The van der Waals surface area contributed by atoms with Gasteiger partial charge in [0.1, 0.15) is 6.54 Å². The molecule has 7 heteroatoms. The van der Waals surface area contributed by atoms with Gasteiger partial charge in [-0.1, -0.05) is 0 Å². The number of carbonyl (C=O) groups excluding carboxylic acids is 1. The number of nitrogens with one attached hydrogen (secondary N) is 1. The summed E-state index contributed by atoms with van der Waals surface area (Å²) in [5.74, 6) is -0.806. The molecule has 2 fully saturated rings. The monoisotopic (exact) mass is 308 g/mol. The second-order valence-corrected chi connectivity index (χ2v) is 5.90. The Hall–Kier alpha value is -0.820. The first-order valence-electron chi connectivity index (χ1n) is 7.62. The molecule has 2 atom stereocenters. The molecule has 0 bridgehead atoms. The minimum atomic E-state index is -4.34.